The second-order valence-corrected chi connectivity index (χ2v) is 6.42. The van der Waals surface area contributed by atoms with Gasteiger partial charge in [0.2, 0.25) is 5.75 Å². The van der Waals surface area contributed by atoms with Crippen molar-refractivity contribution in [2.45, 2.75) is 25.4 Å². The van der Waals surface area contributed by atoms with Crippen LogP contribution in [0.1, 0.15) is 29.5 Å². The third-order valence-electron chi connectivity index (χ3n) is 4.26. The van der Waals surface area contributed by atoms with Gasteiger partial charge in [-0.15, -0.1) is 11.3 Å². The van der Waals surface area contributed by atoms with Crippen LogP contribution in [0, 0.1) is 0 Å². The molecule has 0 saturated carbocycles. The Morgan fingerprint density at radius 2 is 2.00 bits per heavy atom. The van der Waals surface area contributed by atoms with Gasteiger partial charge in [-0.1, -0.05) is 6.07 Å². The first-order chi connectivity index (χ1) is 11.3. The molecule has 1 atom stereocenters. The smallest absolute Gasteiger partial charge is 0.203 e. The van der Waals surface area contributed by atoms with Crippen LogP contribution in [0.2, 0.25) is 0 Å². The minimum Gasteiger partial charge on any atom is -0.493 e. The summed E-state index contributed by atoms with van der Waals surface area (Å²) in [5.41, 5.74) is 1.11. The first kappa shape index (κ1) is 16.1. The van der Waals surface area contributed by atoms with Crippen molar-refractivity contribution in [3.8, 4) is 17.2 Å². The Morgan fingerprint density at radius 3 is 2.65 bits per heavy atom. The predicted molar refractivity (Wildman–Crippen MR) is 90.6 cm³/mol. The van der Waals surface area contributed by atoms with Crippen molar-refractivity contribution >= 4 is 11.3 Å². The van der Waals surface area contributed by atoms with E-state index in [2.05, 4.69) is 16.0 Å². The maximum atomic E-state index is 5.60. The van der Waals surface area contributed by atoms with Gasteiger partial charge in [0.05, 0.1) is 27.4 Å². The molecule has 1 aliphatic heterocycles. The first-order valence-electron chi connectivity index (χ1n) is 7.69. The average molecular weight is 334 g/mol. The van der Waals surface area contributed by atoms with E-state index in [-0.39, 0.29) is 0 Å². The summed E-state index contributed by atoms with van der Waals surface area (Å²) < 4.78 is 16.4. The molecule has 2 aromatic rings. The lowest BCUT2D eigenvalue weighted by molar-refractivity contribution is 0.241. The Morgan fingerprint density at radius 1 is 1.17 bits per heavy atom. The molecule has 0 radical (unpaired) electrons. The van der Waals surface area contributed by atoms with E-state index in [0.29, 0.717) is 17.5 Å². The zero-order valence-corrected chi connectivity index (χ0v) is 14.6. The summed E-state index contributed by atoms with van der Waals surface area (Å²) >= 11 is 1.73. The van der Waals surface area contributed by atoms with E-state index in [9.17, 15) is 0 Å². The van der Waals surface area contributed by atoms with Crippen molar-refractivity contribution in [1.82, 2.24) is 9.88 Å². The molecular formula is C17H22N2O3S. The molecule has 0 unspecified atom stereocenters. The van der Waals surface area contributed by atoms with Crippen LogP contribution in [0.25, 0.3) is 0 Å². The van der Waals surface area contributed by atoms with Crippen LogP contribution in [0.3, 0.4) is 0 Å². The molecule has 0 spiro atoms. The van der Waals surface area contributed by atoms with Gasteiger partial charge in [0.25, 0.3) is 0 Å². The van der Waals surface area contributed by atoms with Crippen molar-refractivity contribution in [2.75, 3.05) is 27.9 Å². The third kappa shape index (κ3) is 3.14. The second-order valence-electron chi connectivity index (χ2n) is 5.49. The van der Waals surface area contributed by atoms with E-state index in [1.807, 2.05) is 17.6 Å². The molecule has 1 aromatic heterocycles. The van der Waals surface area contributed by atoms with Crippen molar-refractivity contribution in [2.24, 2.45) is 0 Å². The van der Waals surface area contributed by atoms with Gasteiger partial charge < -0.3 is 14.2 Å². The normalized spacial score (nSPS) is 18.1. The molecule has 1 aliphatic rings. The van der Waals surface area contributed by atoms with E-state index in [0.717, 1.165) is 30.8 Å². The number of hydrogen-bond donors (Lipinski definition) is 0. The Kier molecular flexibility index (Phi) is 5.03. The van der Waals surface area contributed by atoms with Gasteiger partial charge in [0, 0.05) is 23.7 Å². The third-order valence-corrected chi connectivity index (χ3v) is 5.14. The van der Waals surface area contributed by atoms with Crippen LogP contribution in [-0.2, 0) is 6.54 Å². The SMILES string of the molecule is COc1ccc(CN2CCC[C@H]2c2nccs2)c(OC)c1OC. The van der Waals surface area contributed by atoms with Gasteiger partial charge in [-0.3, -0.25) is 4.90 Å². The number of likely N-dealkylation sites (tertiary alicyclic amines) is 1. The lowest BCUT2D eigenvalue weighted by atomic mass is 10.1. The molecular weight excluding hydrogens is 312 g/mol. The van der Waals surface area contributed by atoms with E-state index in [1.165, 1.54) is 11.4 Å². The molecule has 0 amide bonds. The highest BCUT2D eigenvalue weighted by atomic mass is 32.1. The van der Waals surface area contributed by atoms with Crippen molar-refractivity contribution < 1.29 is 14.2 Å². The van der Waals surface area contributed by atoms with Crippen LogP contribution >= 0.6 is 11.3 Å². The van der Waals surface area contributed by atoms with Gasteiger partial charge in [0.15, 0.2) is 11.5 Å². The van der Waals surface area contributed by atoms with E-state index in [1.54, 1.807) is 32.7 Å². The Balaban J connectivity index is 1.87. The van der Waals surface area contributed by atoms with Crippen LogP contribution in [0.5, 0.6) is 17.2 Å². The van der Waals surface area contributed by atoms with Gasteiger partial charge in [-0.2, -0.15) is 0 Å². The standard InChI is InChI=1S/C17H22N2O3S/c1-20-14-7-6-12(15(21-2)16(14)22-3)11-19-9-4-5-13(19)17-18-8-10-23-17/h6-8,10,13H,4-5,9,11H2,1-3H3/t13-/m0/s1. The highest BCUT2D eigenvalue weighted by Gasteiger charge is 2.29. The molecule has 0 aliphatic carbocycles. The van der Waals surface area contributed by atoms with Crippen molar-refractivity contribution in [3.63, 3.8) is 0 Å². The van der Waals surface area contributed by atoms with Gasteiger partial charge in [-0.25, -0.2) is 4.98 Å². The number of rotatable bonds is 6. The van der Waals surface area contributed by atoms with Crippen LogP contribution in [0.15, 0.2) is 23.7 Å². The second kappa shape index (κ2) is 7.19. The molecule has 0 N–H and O–H groups in total. The van der Waals surface area contributed by atoms with Gasteiger partial charge in [-0.05, 0) is 25.5 Å². The summed E-state index contributed by atoms with van der Waals surface area (Å²) in [5, 5.41) is 3.24. The van der Waals surface area contributed by atoms with Crippen molar-refractivity contribution in [1.29, 1.82) is 0 Å². The summed E-state index contributed by atoms with van der Waals surface area (Å²) in [6, 6.07) is 4.38. The zero-order chi connectivity index (χ0) is 16.2. The molecule has 5 nitrogen and oxygen atoms in total. The number of hydrogen-bond acceptors (Lipinski definition) is 6. The topological polar surface area (TPSA) is 43.8 Å². The maximum absolute atomic E-state index is 5.60. The van der Waals surface area contributed by atoms with Crippen molar-refractivity contribution in [3.05, 3.63) is 34.3 Å². The maximum Gasteiger partial charge on any atom is 0.203 e. The summed E-state index contributed by atoms with van der Waals surface area (Å²) in [6.07, 6.45) is 4.23. The fraction of sp³-hybridized carbons (Fsp3) is 0.471. The quantitative estimate of drug-likeness (QED) is 0.809. The van der Waals surface area contributed by atoms with Crippen LogP contribution in [-0.4, -0.2) is 37.8 Å². The van der Waals surface area contributed by atoms with Gasteiger partial charge >= 0.3 is 0 Å². The molecule has 23 heavy (non-hydrogen) atoms. The van der Waals surface area contributed by atoms with E-state index < -0.39 is 0 Å². The number of thiazole rings is 1. The molecule has 6 heteroatoms. The first-order valence-corrected chi connectivity index (χ1v) is 8.57. The molecule has 124 valence electrons. The minimum atomic E-state index is 0.396. The summed E-state index contributed by atoms with van der Waals surface area (Å²) in [7, 11) is 4.94. The number of benzene rings is 1. The van der Waals surface area contributed by atoms with E-state index >= 15 is 0 Å². The lowest BCUT2D eigenvalue weighted by Gasteiger charge is -2.24. The molecule has 0 bridgehead atoms. The number of ether oxygens (including phenoxy) is 3. The van der Waals surface area contributed by atoms with Gasteiger partial charge in [0.1, 0.15) is 5.01 Å². The highest BCUT2D eigenvalue weighted by Crippen LogP contribution is 2.42. The molecule has 1 aromatic carbocycles. The number of methoxy groups -OCH3 is 3. The molecule has 3 rings (SSSR count). The summed E-state index contributed by atoms with van der Waals surface area (Å²) in [5.74, 6) is 2.08. The highest BCUT2D eigenvalue weighted by molar-refractivity contribution is 7.09. The minimum absolute atomic E-state index is 0.396. The predicted octanol–water partition coefficient (Wildman–Crippen LogP) is 3.51. The monoisotopic (exact) mass is 334 g/mol. The Hall–Kier alpha value is -1.79. The Bertz CT molecular complexity index is 646. The fourth-order valence-electron chi connectivity index (χ4n) is 3.20. The number of aromatic nitrogens is 1. The summed E-state index contributed by atoms with van der Waals surface area (Å²) in [4.78, 5) is 6.96. The zero-order valence-electron chi connectivity index (χ0n) is 13.7. The van der Waals surface area contributed by atoms with E-state index in [4.69, 9.17) is 14.2 Å². The Labute approximate surface area is 140 Å². The van der Waals surface area contributed by atoms with Crippen LogP contribution in [0.4, 0.5) is 0 Å². The summed E-state index contributed by atoms with van der Waals surface area (Å²) in [6.45, 7) is 1.88. The molecule has 1 saturated heterocycles. The largest absolute Gasteiger partial charge is 0.493 e. The fourth-order valence-corrected chi connectivity index (χ4v) is 4.01. The molecule has 2 heterocycles. The molecule has 1 fully saturated rings. The van der Waals surface area contributed by atoms with Crippen LogP contribution < -0.4 is 14.2 Å². The lowest BCUT2D eigenvalue weighted by Crippen LogP contribution is -2.23. The number of nitrogens with zero attached hydrogens (tertiary/aromatic N) is 2. The average Bonchev–Trinajstić information content (AvgIpc) is 3.25.